The van der Waals surface area contributed by atoms with Crippen LogP contribution in [0, 0.1) is 0 Å². The fourth-order valence-corrected chi connectivity index (χ4v) is 7.53. The van der Waals surface area contributed by atoms with Crippen LogP contribution in [0.5, 0.6) is 5.75 Å². The Bertz CT molecular complexity index is 1760. The van der Waals surface area contributed by atoms with Crippen molar-refractivity contribution in [2.45, 2.75) is 30.4 Å². The van der Waals surface area contributed by atoms with Gasteiger partial charge in [0.25, 0.3) is 5.91 Å². The third-order valence-corrected chi connectivity index (χ3v) is 10.8. The molecular weight excluding hydrogens is 710 g/mol. The highest BCUT2D eigenvalue weighted by Gasteiger charge is 2.33. The lowest BCUT2D eigenvalue weighted by molar-refractivity contribution is -0.153. The molecule has 2 aliphatic heterocycles. The lowest BCUT2D eigenvalue weighted by atomic mass is 9.92. The van der Waals surface area contributed by atoms with Crippen LogP contribution in [0.1, 0.15) is 29.6 Å². The van der Waals surface area contributed by atoms with Crippen molar-refractivity contribution < 1.29 is 56.3 Å². The van der Waals surface area contributed by atoms with E-state index in [-0.39, 0.29) is 69.0 Å². The number of para-hydroxylation sites is 1. The van der Waals surface area contributed by atoms with Crippen LogP contribution in [0.15, 0.2) is 71.5 Å². The van der Waals surface area contributed by atoms with E-state index in [2.05, 4.69) is 0 Å². The number of fused-ring (bicyclic) bond motifs is 1. The molecule has 5 rings (SSSR count). The Kier molecular flexibility index (Phi) is 15.2. The number of rotatable bonds is 11. The Hall–Kier alpha value is -3.87. The number of aromatic nitrogens is 1. The third kappa shape index (κ3) is 10.9. The molecule has 2 atom stereocenters. The van der Waals surface area contributed by atoms with Gasteiger partial charge >= 0.3 is 0 Å². The van der Waals surface area contributed by atoms with Gasteiger partial charge in [-0.2, -0.15) is 4.31 Å². The highest BCUT2D eigenvalue weighted by molar-refractivity contribution is 7.89. The number of nitrogens with zero attached hydrogens (tertiary/aromatic N) is 3. The summed E-state index contributed by atoms with van der Waals surface area (Å²) in [6.45, 7) is 4.20. The Morgan fingerprint density at radius 3 is 2.11 bits per heavy atom. The maximum Gasteiger partial charge on any atom is 0.288 e. The molecule has 0 radical (unpaired) electrons. The van der Waals surface area contributed by atoms with E-state index in [0.29, 0.717) is 45.4 Å². The second-order valence-corrected chi connectivity index (χ2v) is 14.3. The van der Waals surface area contributed by atoms with Crippen molar-refractivity contribution in [2.75, 3.05) is 99.4 Å². The minimum absolute atomic E-state index is 0.0410. The van der Waals surface area contributed by atoms with Crippen molar-refractivity contribution in [3.05, 3.63) is 72.1 Å². The van der Waals surface area contributed by atoms with Crippen molar-refractivity contribution in [1.29, 1.82) is 0 Å². The smallest absolute Gasteiger partial charge is 0.288 e. The minimum Gasteiger partial charge on any atom is -0.497 e. The molecule has 0 bridgehead atoms. The van der Waals surface area contributed by atoms with Gasteiger partial charge in [-0.1, -0.05) is 18.2 Å². The number of sulfonamides is 1. The normalized spacial score (nSPS) is 19.9. The number of hydrogen-bond donors (Lipinski definition) is 1. The van der Waals surface area contributed by atoms with Crippen molar-refractivity contribution >= 4 is 32.7 Å². The number of carbonyl (C=O) groups excluding carboxylic acids is 2. The zero-order valence-corrected chi connectivity index (χ0v) is 31.0. The Balaban J connectivity index is 1.37. The molecule has 0 unspecified atom stereocenters. The van der Waals surface area contributed by atoms with E-state index in [1.165, 1.54) is 26.2 Å². The molecule has 2 aliphatic rings. The third-order valence-electron chi connectivity index (χ3n) is 8.86. The second-order valence-electron chi connectivity index (χ2n) is 12.3. The van der Waals surface area contributed by atoms with E-state index >= 15 is 0 Å². The quantitative estimate of drug-likeness (QED) is 0.305. The first-order valence-electron chi connectivity index (χ1n) is 17.7. The van der Waals surface area contributed by atoms with Crippen molar-refractivity contribution in [3.8, 4) is 5.75 Å². The van der Waals surface area contributed by atoms with Crippen LogP contribution >= 0.6 is 0 Å². The molecule has 1 aromatic heterocycles. The van der Waals surface area contributed by atoms with Gasteiger partial charge in [-0.25, -0.2) is 8.42 Å². The molecule has 3 aromatic rings. The summed E-state index contributed by atoms with van der Waals surface area (Å²) in [5.41, 5.74) is 1.54. The first-order valence-corrected chi connectivity index (χ1v) is 19.1. The van der Waals surface area contributed by atoms with E-state index in [9.17, 15) is 23.1 Å². The summed E-state index contributed by atoms with van der Waals surface area (Å²) < 4.78 is 69.7. The molecule has 3 heterocycles. The highest BCUT2D eigenvalue weighted by Crippen LogP contribution is 2.37. The zero-order chi connectivity index (χ0) is 37.6. The molecule has 53 heavy (non-hydrogen) atoms. The van der Waals surface area contributed by atoms with E-state index < -0.39 is 34.7 Å². The van der Waals surface area contributed by atoms with Crippen LogP contribution in [0.2, 0.25) is 0 Å². The molecule has 0 saturated carbocycles. The summed E-state index contributed by atoms with van der Waals surface area (Å²) in [6, 6.07) is 13.5. The number of ether oxygens (including phenoxy) is 7. The average molecular weight is 760 g/mol. The highest BCUT2D eigenvalue weighted by atomic mass is 32.2. The number of benzene rings is 2. The van der Waals surface area contributed by atoms with Crippen LogP contribution in [-0.4, -0.2) is 145 Å². The molecular formula is C37H49N3O12S. The largest absolute Gasteiger partial charge is 0.497 e. The van der Waals surface area contributed by atoms with E-state index in [4.69, 9.17) is 33.2 Å². The molecule has 2 aromatic carbocycles. The fraction of sp³-hybridized carbons (Fsp3) is 0.514. The maximum absolute atomic E-state index is 14.2. The van der Waals surface area contributed by atoms with Crippen LogP contribution < -0.4 is 4.74 Å². The van der Waals surface area contributed by atoms with Gasteiger partial charge < -0.3 is 43.2 Å². The number of methoxy groups -OCH3 is 1. The molecule has 1 N–H and O–H groups in total. The Morgan fingerprint density at radius 1 is 0.887 bits per heavy atom. The molecule has 0 spiro atoms. The number of amides is 1. The first kappa shape index (κ1) is 40.3. The second kappa shape index (κ2) is 20.0. The summed E-state index contributed by atoms with van der Waals surface area (Å²) in [6.07, 6.45) is 2.85. The van der Waals surface area contributed by atoms with Crippen LogP contribution in [-0.2, 0) is 43.2 Å². The zero-order valence-electron chi connectivity index (χ0n) is 30.2. The number of allylic oxidation sites excluding steroid dienone is 1. The lowest BCUT2D eigenvalue weighted by Gasteiger charge is -2.32. The number of aliphatic hydroxyl groups excluding tert-OH is 1. The van der Waals surface area contributed by atoms with Gasteiger partial charge in [0.2, 0.25) is 22.2 Å². The fourth-order valence-electron chi connectivity index (χ4n) is 6.12. The number of carbonyl (C=O) groups is 2. The molecule has 16 heteroatoms. The van der Waals surface area contributed by atoms with Gasteiger partial charge in [0.15, 0.2) is 5.76 Å². The summed E-state index contributed by atoms with van der Waals surface area (Å²) >= 11 is 0. The molecule has 1 fully saturated rings. The van der Waals surface area contributed by atoms with Gasteiger partial charge in [0.1, 0.15) is 5.75 Å². The van der Waals surface area contributed by atoms with E-state index in [1.54, 1.807) is 33.9 Å². The number of hydrogen-bond acceptors (Lipinski definition) is 12. The summed E-state index contributed by atoms with van der Waals surface area (Å²) in [7, 11) is -2.50. The van der Waals surface area contributed by atoms with Gasteiger partial charge in [0.05, 0.1) is 83.6 Å². The first-order chi connectivity index (χ1) is 25.7. The summed E-state index contributed by atoms with van der Waals surface area (Å²) in [5, 5.41) is 10.6. The predicted octanol–water partition coefficient (Wildman–Crippen LogP) is 2.63. The van der Waals surface area contributed by atoms with Gasteiger partial charge in [-0.15, -0.1) is 0 Å². The standard InChI is InChI=1S/C37H49N3O12S/c1-28(42)40-27-33(32-5-3-4-6-34(32)40)29-25-35(37(43)38-12-16-47-19-21-49-23-24-50-22-20-48-17-13-38)52-36(26-29)51-18-14-39(11-15-41)53(44,45)31-9-7-30(46-2)8-10-31/h3-10,25,27,29,36,41H,11-24,26H2,1-2H3/t29-,36+/m0/s1. The Morgan fingerprint density at radius 2 is 1.51 bits per heavy atom. The summed E-state index contributed by atoms with van der Waals surface area (Å²) in [5.74, 6) is -0.403. The minimum atomic E-state index is -3.99. The Labute approximate surface area is 309 Å². The van der Waals surface area contributed by atoms with E-state index in [1.807, 2.05) is 24.3 Å². The molecule has 1 saturated heterocycles. The number of aliphatic hydroxyl groups is 1. The SMILES string of the molecule is COc1ccc(S(=O)(=O)N(CCO)CCO[C@H]2C[C@@H](c3cn(C(C)=O)c4ccccc34)C=C(C(=O)N3CCOCCOCCOCCOCC3)O2)cc1. The van der Waals surface area contributed by atoms with Crippen molar-refractivity contribution in [1.82, 2.24) is 13.8 Å². The molecule has 0 aliphatic carbocycles. The van der Waals surface area contributed by atoms with Crippen LogP contribution in [0.3, 0.4) is 0 Å². The van der Waals surface area contributed by atoms with Crippen LogP contribution in [0.4, 0.5) is 0 Å². The molecule has 15 nitrogen and oxygen atoms in total. The maximum atomic E-state index is 14.2. The van der Waals surface area contributed by atoms with Crippen molar-refractivity contribution in [3.63, 3.8) is 0 Å². The topological polar surface area (TPSA) is 165 Å². The van der Waals surface area contributed by atoms with Gasteiger partial charge in [-0.3, -0.25) is 14.2 Å². The predicted molar refractivity (Wildman–Crippen MR) is 193 cm³/mol. The lowest BCUT2D eigenvalue weighted by Crippen LogP contribution is -2.41. The average Bonchev–Trinajstić information content (AvgIpc) is 3.56. The molecule has 290 valence electrons. The van der Waals surface area contributed by atoms with E-state index in [0.717, 1.165) is 20.8 Å². The van der Waals surface area contributed by atoms with Gasteiger partial charge in [-0.05, 0) is 42.0 Å². The monoisotopic (exact) mass is 759 g/mol. The summed E-state index contributed by atoms with van der Waals surface area (Å²) in [4.78, 5) is 28.4. The van der Waals surface area contributed by atoms with Crippen molar-refractivity contribution in [2.24, 2.45) is 0 Å². The van der Waals surface area contributed by atoms with Crippen LogP contribution in [0.25, 0.3) is 10.9 Å². The molecule has 1 amide bonds. The van der Waals surface area contributed by atoms with Gasteiger partial charge in [0, 0.05) is 57.0 Å².